The summed E-state index contributed by atoms with van der Waals surface area (Å²) >= 11 is 0. The van der Waals surface area contributed by atoms with Crippen molar-refractivity contribution in [1.29, 1.82) is 0 Å². The van der Waals surface area contributed by atoms with E-state index in [0.717, 1.165) is 38.2 Å². The van der Waals surface area contributed by atoms with Gasteiger partial charge in [0.15, 0.2) is 0 Å². The zero-order valence-electron chi connectivity index (χ0n) is 10.1. The van der Waals surface area contributed by atoms with Crippen LogP contribution in [0.25, 0.3) is 0 Å². The Morgan fingerprint density at radius 3 is 3.00 bits per heavy atom. The fraction of sp³-hybridized carbons (Fsp3) is 0.692. The van der Waals surface area contributed by atoms with Gasteiger partial charge in [-0.05, 0) is 38.6 Å². The second-order valence-corrected chi connectivity index (χ2v) is 4.90. The predicted octanol–water partition coefficient (Wildman–Crippen LogP) is 1.49. The lowest BCUT2D eigenvalue weighted by Crippen LogP contribution is -2.21. The van der Waals surface area contributed by atoms with Gasteiger partial charge in [-0.1, -0.05) is 6.42 Å². The van der Waals surface area contributed by atoms with Crippen LogP contribution in [0.4, 0.5) is 0 Å². The zero-order chi connectivity index (χ0) is 11.5. The number of hydrogen-bond acceptors (Lipinski definition) is 4. The first kappa shape index (κ1) is 11.0. The van der Waals surface area contributed by atoms with Crippen LogP contribution in [-0.4, -0.2) is 29.2 Å². The Morgan fingerprint density at radius 2 is 2.12 bits per heavy atom. The van der Waals surface area contributed by atoms with Gasteiger partial charge in [-0.2, -0.15) is 0 Å². The highest BCUT2D eigenvalue weighted by atomic mass is 16.5. The molecule has 1 aromatic heterocycles. The maximum atomic E-state index is 6.02. The van der Waals surface area contributed by atoms with Crippen LogP contribution in [0.5, 0.6) is 5.88 Å². The van der Waals surface area contributed by atoms with E-state index in [1.165, 1.54) is 30.5 Å². The molecule has 1 N–H and O–H groups in total. The monoisotopic (exact) mass is 233 g/mol. The number of aryl methyl sites for hydroxylation is 1. The molecule has 1 atom stereocenters. The van der Waals surface area contributed by atoms with Crippen LogP contribution >= 0.6 is 0 Å². The minimum atomic E-state index is 0.289. The van der Waals surface area contributed by atoms with Crippen molar-refractivity contribution in [3.63, 3.8) is 0 Å². The van der Waals surface area contributed by atoms with Gasteiger partial charge in [0.1, 0.15) is 12.4 Å². The van der Waals surface area contributed by atoms with Crippen LogP contribution in [0.15, 0.2) is 6.33 Å². The minimum absolute atomic E-state index is 0.289. The number of rotatable bonds is 2. The number of ether oxygens (including phenoxy) is 1. The van der Waals surface area contributed by atoms with Crippen molar-refractivity contribution >= 4 is 0 Å². The highest BCUT2D eigenvalue weighted by molar-refractivity contribution is 5.31. The molecule has 1 aromatic rings. The first-order valence-corrected chi connectivity index (χ1v) is 6.63. The molecule has 2 aliphatic rings. The van der Waals surface area contributed by atoms with Crippen molar-refractivity contribution in [2.75, 3.05) is 13.1 Å². The number of aromatic nitrogens is 2. The van der Waals surface area contributed by atoms with Crippen molar-refractivity contribution in [1.82, 2.24) is 15.3 Å². The molecule has 0 aromatic carbocycles. The number of hydrogen-bond donors (Lipinski definition) is 1. The van der Waals surface area contributed by atoms with Gasteiger partial charge >= 0.3 is 0 Å². The van der Waals surface area contributed by atoms with E-state index in [1.54, 1.807) is 6.33 Å². The highest BCUT2D eigenvalue weighted by Gasteiger charge is 2.20. The van der Waals surface area contributed by atoms with Gasteiger partial charge in [0.05, 0.1) is 5.69 Å². The molecular weight excluding hydrogens is 214 g/mol. The van der Waals surface area contributed by atoms with Crippen molar-refractivity contribution in [3.8, 4) is 5.88 Å². The molecule has 1 aliphatic heterocycles. The topological polar surface area (TPSA) is 47.0 Å². The first-order valence-electron chi connectivity index (χ1n) is 6.63. The summed E-state index contributed by atoms with van der Waals surface area (Å²) in [5.41, 5.74) is 2.47. The van der Waals surface area contributed by atoms with Crippen LogP contribution in [0.2, 0.25) is 0 Å². The average Bonchev–Trinajstić information content (AvgIpc) is 2.73. The Morgan fingerprint density at radius 1 is 1.18 bits per heavy atom. The second kappa shape index (κ2) is 5.00. The van der Waals surface area contributed by atoms with Crippen molar-refractivity contribution < 1.29 is 4.74 Å². The zero-order valence-corrected chi connectivity index (χ0v) is 10.1. The molecule has 4 nitrogen and oxygen atoms in total. The molecule has 3 rings (SSSR count). The van der Waals surface area contributed by atoms with E-state index in [1.807, 2.05) is 0 Å². The summed E-state index contributed by atoms with van der Waals surface area (Å²) in [5, 5.41) is 3.32. The van der Waals surface area contributed by atoms with Crippen LogP contribution < -0.4 is 10.1 Å². The normalized spacial score (nSPS) is 24.1. The maximum absolute atomic E-state index is 6.02. The summed E-state index contributed by atoms with van der Waals surface area (Å²) in [7, 11) is 0. The van der Waals surface area contributed by atoms with Gasteiger partial charge in [-0.15, -0.1) is 0 Å². The maximum Gasteiger partial charge on any atom is 0.220 e. The summed E-state index contributed by atoms with van der Waals surface area (Å²) < 4.78 is 6.02. The summed E-state index contributed by atoms with van der Waals surface area (Å²) in [5.74, 6) is 0.839. The van der Waals surface area contributed by atoms with Gasteiger partial charge in [0.25, 0.3) is 0 Å². The molecule has 1 saturated heterocycles. The molecule has 4 heteroatoms. The van der Waals surface area contributed by atoms with Crippen molar-refractivity contribution in [3.05, 3.63) is 17.6 Å². The smallest absolute Gasteiger partial charge is 0.220 e. The molecule has 0 bridgehead atoms. The van der Waals surface area contributed by atoms with E-state index in [4.69, 9.17) is 4.74 Å². The molecule has 2 heterocycles. The lowest BCUT2D eigenvalue weighted by Gasteiger charge is -2.15. The Kier molecular flexibility index (Phi) is 3.22. The van der Waals surface area contributed by atoms with Crippen LogP contribution in [0.3, 0.4) is 0 Å². The molecule has 1 aliphatic carbocycles. The standard InChI is InChI=1S/C13H19N3O/c1-2-4-11-12(5-3-1)15-9-16-13(11)17-10-6-7-14-8-10/h9-10,14H,1-8H2. The third kappa shape index (κ3) is 2.41. The Balaban J connectivity index is 1.82. The van der Waals surface area contributed by atoms with E-state index in [9.17, 15) is 0 Å². The van der Waals surface area contributed by atoms with Gasteiger partial charge < -0.3 is 10.1 Å². The number of nitrogens with one attached hydrogen (secondary N) is 1. The number of nitrogens with zero attached hydrogens (tertiary/aromatic N) is 2. The van der Waals surface area contributed by atoms with Gasteiger partial charge in [-0.3, -0.25) is 0 Å². The SMILES string of the molecule is c1nc2c(c(OC3CCNC3)n1)CCCCC2. The van der Waals surface area contributed by atoms with E-state index >= 15 is 0 Å². The lowest BCUT2D eigenvalue weighted by atomic mass is 10.1. The molecule has 1 unspecified atom stereocenters. The Labute approximate surface area is 102 Å². The molecule has 1 fully saturated rings. The number of fused-ring (bicyclic) bond motifs is 1. The van der Waals surface area contributed by atoms with Gasteiger partial charge in [-0.25, -0.2) is 9.97 Å². The molecular formula is C13H19N3O. The van der Waals surface area contributed by atoms with E-state index in [2.05, 4.69) is 15.3 Å². The summed E-state index contributed by atoms with van der Waals surface area (Å²) in [4.78, 5) is 8.74. The van der Waals surface area contributed by atoms with E-state index in [0.29, 0.717) is 0 Å². The third-order valence-electron chi connectivity index (χ3n) is 3.63. The molecule has 0 spiro atoms. The first-order chi connectivity index (χ1) is 8.43. The van der Waals surface area contributed by atoms with Crippen molar-refractivity contribution in [2.45, 2.75) is 44.6 Å². The molecule has 0 amide bonds. The van der Waals surface area contributed by atoms with E-state index in [-0.39, 0.29) is 6.10 Å². The van der Waals surface area contributed by atoms with Crippen molar-refractivity contribution in [2.24, 2.45) is 0 Å². The Hall–Kier alpha value is -1.16. The van der Waals surface area contributed by atoms with E-state index < -0.39 is 0 Å². The predicted molar refractivity (Wildman–Crippen MR) is 65.2 cm³/mol. The fourth-order valence-corrected chi connectivity index (χ4v) is 2.66. The molecule has 17 heavy (non-hydrogen) atoms. The minimum Gasteiger partial charge on any atom is -0.473 e. The summed E-state index contributed by atoms with van der Waals surface area (Å²) in [6.07, 6.45) is 8.95. The Bertz CT molecular complexity index is 388. The fourth-order valence-electron chi connectivity index (χ4n) is 2.66. The summed E-state index contributed by atoms with van der Waals surface area (Å²) in [6.45, 7) is 2.00. The second-order valence-electron chi connectivity index (χ2n) is 4.90. The van der Waals surface area contributed by atoms with Crippen LogP contribution in [-0.2, 0) is 12.8 Å². The quantitative estimate of drug-likeness (QED) is 0.786. The average molecular weight is 233 g/mol. The lowest BCUT2D eigenvalue weighted by molar-refractivity contribution is 0.211. The largest absolute Gasteiger partial charge is 0.473 e. The third-order valence-corrected chi connectivity index (χ3v) is 3.63. The molecule has 0 radical (unpaired) electrons. The molecule has 92 valence electrons. The molecule has 0 saturated carbocycles. The van der Waals surface area contributed by atoms with Crippen LogP contribution in [0, 0.1) is 0 Å². The van der Waals surface area contributed by atoms with Gasteiger partial charge in [0.2, 0.25) is 5.88 Å². The highest BCUT2D eigenvalue weighted by Crippen LogP contribution is 2.26. The van der Waals surface area contributed by atoms with Gasteiger partial charge in [0, 0.05) is 12.1 Å². The van der Waals surface area contributed by atoms with Crippen LogP contribution in [0.1, 0.15) is 36.9 Å². The summed E-state index contributed by atoms with van der Waals surface area (Å²) in [6, 6.07) is 0.